The van der Waals surface area contributed by atoms with Crippen LogP contribution < -0.4 is 21.3 Å². The topological polar surface area (TPSA) is 99.3 Å². The number of hydrogen-bond acceptors (Lipinski definition) is 4. The van der Waals surface area contributed by atoms with Crippen molar-refractivity contribution in [2.45, 2.75) is 33.1 Å². The highest BCUT2D eigenvalue weighted by Gasteiger charge is 2.29. The van der Waals surface area contributed by atoms with Crippen LogP contribution in [0.3, 0.4) is 0 Å². The van der Waals surface area contributed by atoms with Gasteiger partial charge in [0.1, 0.15) is 0 Å². The fourth-order valence-electron chi connectivity index (χ4n) is 4.18. The molecule has 0 radical (unpaired) electrons. The zero-order valence-corrected chi connectivity index (χ0v) is 21.3. The van der Waals surface area contributed by atoms with Crippen LogP contribution in [0.25, 0.3) is 0 Å². The Labute approximate surface area is 211 Å². The Hall–Kier alpha value is -2.61. The summed E-state index contributed by atoms with van der Waals surface area (Å²) in [4.78, 5) is 37.9. The molecule has 0 saturated heterocycles. The maximum absolute atomic E-state index is 12.9. The third-order valence-electron chi connectivity index (χ3n) is 5.74. The molecule has 4 N–H and O–H groups in total. The predicted octanol–water partition coefficient (Wildman–Crippen LogP) is 3.29. The molecular formula is C25H32Cl2N4O3. The molecule has 0 aliphatic carbocycles. The molecular weight excluding hydrogens is 475 g/mol. The van der Waals surface area contributed by atoms with Crippen molar-refractivity contribution in [3.63, 3.8) is 0 Å². The van der Waals surface area contributed by atoms with Crippen molar-refractivity contribution in [1.82, 2.24) is 21.3 Å². The summed E-state index contributed by atoms with van der Waals surface area (Å²) in [6.45, 7) is 8.33. The van der Waals surface area contributed by atoms with E-state index in [1.165, 1.54) is 0 Å². The monoisotopic (exact) mass is 506 g/mol. The lowest BCUT2D eigenvalue weighted by Crippen LogP contribution is -2.30. The summed E-state index contributed by atoms with van der Waals surface area (Å²) in [6, 6.07) is 9.29. The van der Waals surface area contributed by atoms with E-state index < -0.39 is 0 Å². The van der Waals surface area contributed by atoms with Crippen LogP contribution in [0.2, 0.25) is 5.02 Å². The van der Waals surface area contributed by atoms with Gasteiger partial charge in [0, 0.05) is 37.7 Å². The molecule has 0 bridgehead atoms. The van der Waals surface area contributed by atoms with E-state index in [0.29, 0.717) is 49.7 Å². The first-order chi connectivity index (χ1) is 15.9. The highest BCUT2D eigenvalue weighted by atomic mass is 35.5. The predicted molar refractivity (Wildman–Crippen MR) is 138 cm³/mol. The first kappa shape index (κ1) is 27.6. The summed E-state index contributed by atoms with van der Waals surface area (Å²) in [5.41, 5.74) is 3.88. The maximum Gasteiger partial charge on any atom is 0.253 e. The van der Waals surface area contributed by atoms with Crippen LogP contribution in [0.15, 0.2) is 30.3 Å². The molecule has 2 aromatic carbocycles. The number of nitrogens with one attached hydrogen (secondary N) is 4. The highest BCUT2D eigenvalue weighted by Crippen LogP contribution is 2.37. The average Bonchev–Trinajstić information content (AvgIpc) is 3.02. The zero-order chi connectivity index (χ0) is 24.0. The molecule has 3 amide bonds. The van der Waals surface area contributed by atoms with Crippen LogP contribution in [-0.2, 0) is 6.42 Å². The summed E-state index contributed by atoms with van der Waals surface area (Å²) in [5.74, 6) is -0.881. The van der Waals surface area contributed by atoms with Gasteiger partial charge in [-0.1, -0.05) is 23.7 Å². The van der Waals surface area contributed by atoms with Gasteiger partial charge in [-0.05, 0) is 68.6 Å². The van der Waals surface area contributed by atoms with E-state index in [2.05, 4.69) is 21.3 Å². The summed E-state index contributed by atoms with van der Waals surface area (Å²) < 4.78 is 0. The van der Waals surface area contributed by atoms with Gasteiger partial charge in [-0.2, -0.15) is 0 Å². The van der Waals surface area contributed by atoms with Crippen LogP contribution in [0, 0.1) is 0 Å². The zero-order valence-electron chi connectivity index (χ0n) is 19.7. The summed E-state index contributed by atoms with van der Waals surface area (Å²) >= 11 is 6.81. The normalized spacial score (nSPS) is 14.8. The fourth-order valence-corrected chi connectivity index (χ4v) is 4.57. The van der Waals surface area contributed by atoms with E-state index >= 15 is 0 Å². The van der Waals surface area contributed by atoms with Crippen molar-refractivity contribution >= 4 is 41.7 Å². The van der Waals surface area contributed by atoms with Gasteiger partial charge in [-0.15, -0.1) is 12.4 Å². The first-order valence-electron chi connectivity index (χ1n) is 11.4. The molecule has 1 aliphatic rings. The summed E-state index contributed by atoms with van der Waals surface area (Å²) in [7, 11) is 0. The van der Waals surface area contributed by atoms with E-state index in [1.807, 2.05) is 39.0 Å². The van der Waals surface area contributed by atoms with Crippen molar-refractivity contribution in [3.05, 3.63) is 68.7 Å². The number of amides is 3. The summed E-state index contributed by atoms with van der Waals surface area (Å²) in [5, 5.41) is 12.1. The second-order valence-corrected chi connectivity index (χ2v) is 8.27. The van der Waals surface area contributed by atoms with Crippen LogP contribution in [0.1, 0.15) is 74.5 Å². The fraction of sp³-hybridized carbons (Fsp3) is 0.400. The average molecular weight is 507 g/mol. The Morgan fingerprint density at radius 1 is 0.941 bits per heavy atom. The molecule has 7 nitrogen and oxygen atoms in total. The van der Waals surface area contributed by atoms with E-state index in [-0.39, 0.29) is 47.2 Å². The van der Waals surface area contributed by atoms with Crippen molar-refractivity contribution in [1.29, 1.82) is 0 Å². The van der Waals surface area contributed by atoms with Crippen LogP contribution >= 0.6 is 24.0 Å². The van der Waals surface area contributed by atoms with Crippen molar-refractivity contribution in [3.8, 4) is 0 Å². The first-order valence-corrected chi connectivity index (χ1v) is 11.8. The largest absolute Gasteiger partial charge is 0.352 e. The number of carbonyl (C=O) groups excluding carboxylic acids is 3. The van der Waals surface area contributed by atoms with Gasteiger partial charge in [-0.3, -0.25) is 14.4 Å². The van der Waals surface area contributed by atoms with Gasteiger partial charge >= 0.3 is 0 Å². The minimum Gasteiger partial charge on any atom is -0.352 e. The number of rotatable bonds is 7. The Balaban J connectivity index is 0.00000408. The second kappa shape index (κ2) is 12.7. The van der Waals surface area contributed by atoms with Crippen LogP contribution in [0.5, 0.6) is 0 Å². The van der Waals surface area contributed by atoms with Crippen LogP contribution in [-0.4, -0.2) is 50.4 Å². The van der Waals surface area contributed by atoms with E-state index in [1.54, 1.807) is 12.1 Å². The molecule has 34 heavy (non-hydrogen) atoms. The van der Waals surface area contributed by atoms with E-state index in [0.717, 1.165) is 16.7 Å². The molecule has 0 unspecified atom stereocenters. The number of halogens is 2. The van der Waals surface area contributed by atoms with Gasteiger partial charge < -0.3 is 21.3 Å². The van der Waals surface area contributed by atoms with E-state index in [4.69, 9.17) is 11.6 Å². The third-order valence-corrected chi connectivity index (χ3v) is 6.15. The Kier molecular flexibility index (Phi) is 10.4. The molecule has 1 atom stereocenters. The lowest BCUT2D eigenvalue weighted by molar-refractivity contribution is 0.0921. The Bertz CT molecular complexity index is 1040. The standard InChI is InChI=1S/C25H31ClN4O3.ClH/c1-4-28-23(31)16-9-7-15(8-10-16)20-14-27-12-11-17-18(20)13-19(24(32)29-5-2)21(22(17)26)25(33)30-6-3;/h7-10,13,20,27H,4-6,11-12,14H2,1-3H3,(H,28,31)(H,29,32)(H,30,33);1H/t20-;/m1./s1. The minimum absolute atomic E-state index is 0. The highest BCUT2D eigenvalue weighted by molar-refractivity contribution is 6.35. The molecule has 184 valence electrons. The SMILES string of the molecule is CCNC(=O)c1ccc([C@H]2CNCCc3c2cc(C(=O)NCC)c(C(=O)NCC)c3Cl)cc1.Cl. The third kappa shape index (κ3) is 5.90. The van der Waals surface area contributed by atoms with E-state index in [9.17, 15) is 14.4 Å². The quantitative estimate of drug-likeness (QED) is 0.462. The minimum atomic E-state index is -0.355. The number of carbonyl (C=O) groups is 3. The Morgan fingerprint density at radius 2 is 1.53 bits per heavy atom. The van der Waals surface area contributed by atoms with Crippen molar-refractivity contribution in [2.24, 2.45) is 0 Å². The lowest BCUT2D eigenvalue weighted by Gasteiger charge is -2.22. The molecule has 0 fully saturated rings. The van der Waals surface area contributed by atoms with Gasteiger partial charge in [0.2, 0.25) is 0 Å². The van der Waals surface area contributed by atoms with Gasteiger partial charge in [0.25, 0.3) is 17.7 Å². The van der Waals surface area contributed by atoms with Gasteiger partial charge in [-0.25, -0.2) is 0 Å². The smallest absolute Gasteiger partial charge is 0.253 e. The Morgan fingerprint density at radius 3 is 2.15 bits per heavy atom. The molecule has 2 aromatic rings. The molecule has 3 rings (SSSR count). The van der Waals surface area contributed by atoms with Crippen molar-refractivity contribution < 1.29 is 14.4 Å². The molecule has 0 aromatic heterocycles. The van der Waals surface area contributed by atoms with Crippen molar-refractivity contribution in [2.75, 3.05) is 32.7 Å². The molecule has 9 heteroatoms. The number of hydrogen-bond donors (Lipinski definition) is 4. The maximum atomic E-state index is 12.9. The lowest BCUT2D eigenvalue weighted by atomic mass is 9.84. The second-order valence-electron chi connectivity index (χ2n) is 7.89. The summed E-state index contributed by atoms with van der Waals surface area (Å²) in [6.07, 6.45) is 0.643. The molecule has 1 heterocycles. The van der Waals surface area contributed by atoms with Gasteiger partial charge in [0.05, 0.1) is 16.1 Å². The number of benzene rings is 2. The molecule has 0 spiro atoms. The van der Waals surface area contributed by atoms with Crippen LogP contribution in [0.4, 0.5) is 0 Å². The molecule has 0 saturated carbocycles. The van der Waals surface area contributed by atoms with Gasteiger partial charge in [0.15, 0.2) is 0 Å². The number of fused-ring (bicyclic) bond motifs is 1. The molecule has 1 aliphatic heterocycles.